The number of benzene rings is 2. The van der Waals surface area contributed by atoms with Gasteiger partial charge in [0.15, 0.2) is 11.5 Å². The van der Waals surface area contributed by atoms with Crippen LogP contribution in [0.15, 0.2) is 42.5 Å². The number of ether oxygens (including phenoxy) is 2. The van der Waals surface area contributed by atoms with Crippen LogP contribution in [-0.2, 0) is 0 Å². The van der Waals surface area contributed by atoms with Crippen molar-refractivity contribution in [2.75, 3.05) is 5.32 Å². The van der Waals surface area contributed by atoms with Crippen molar-refractivity contribution in [1.82, 2.24) is 4.98 Å². The summed E-state index contributed by atoms with van der Waals surface area (Å²) in [5, 5.41) is 3.50. The van der Waals surface area contributed by atoms with Crippen LogP contribution >= 0.6 is 0 Å². The predicted octanol–water partition coefficient (Wildman–Crippen LogP) is 4.60. The number of aromatic amines is 1. The second-order valence-corrected chi connectivity index (χ2v) is 6.85. The molecule has 0 atom stereocenters. The highest BCUT2D eigenvalue weighted by atomic mass is 19.1. The molecular formula is C20H17FN2O3. The lowest BCUT2D eigenvalue weighted by molar-refractivity contribution is -0.0716. The number of carbonyl (C=O) groups is 1. The molecule has 1 aromatic heterocycles. The highest BCUT2D eigenvalue weighted by Crippen LogP contribution is 2.47. The number of hydrogen-bond acceptors (Lipinski definition) is 3. The first-order valence-corrected chi connectivity index (χ1v) is 8.72. The Bertz CT molecular complexity index is 1020. The van der Waals surface area contributed by atoms with Gasteiger partial charge in [-0.3, -0.25) is 4.79 Å². The predicted molar refractivity (Wildman–Crippen MR) is 95.1 cm³/mol. The fourth-order valence-electron chi connectivity index (χ4n) is 3.71. The van der Waals surface area contributed by atoms with E-state index in [2.05, 4.69) is 10.3 Å². The SMILES string of the molecule is O=C(Nc1ccc2c(c1)OC1(CCCC1)O2)c1cc2cc(F)ccc2[nH]1. The Morgan fingerprint density at radius 3 is 2.69 bits per heavy atom. The summed E-state index contributed by atoms with van der Waals surface area (Å²) in [6.45, 7) is 0. The van der Waals surface area contributed by atoms with Gasteiger partial charge in [0.05, 0.1) is 0 Å². The third-order valence-electron chi connectivity index (χ3n) is 4.99. The summed E-state index contributed by atoms with van der Waals surface area (Å²) in [4.78, 5) is 15.5. The highest BCUT2D eigenvalue weighted by Gasteiger charge is 2.44. The van der Waals surface area contributed by atoms with Gasteiger partial charge in [-0.05, 0) is 49.2 Å². The van der Waals surface area contributed by atoms with Crippen molar-refractivity contribution in [1.29, 1.82) is 0 Å². The number of H-pyrrole nitrogens is 1. The molecule has 0 bridgehead atoms. The Labute approximate surface area is 149 Å². The molecule has 132 valence electrons. The van der Waals surface area contributed by atoms with E-state index in [9.17, 15) is 9.18 Å². The number of nitrogens with one attached hydrogen (secondary N) is 2. The van der Waals surface area contributed by atoms with E-state index in [1.54, 1.807) is 24.3 Å². The molecule has 0 saturated heterocycles. The summed E-state index contributed by atoms with van der Waals surface area (Å²) in [5.41, 5.74) is 1.71. The Morgan fingerprint density at radius 1 is 1.04 bits per heavy atom. The van der Waals surface area contributed by atoms with Crippen molar-refractivity contribution in [3.05, 3.63) is 54.0 Å². The second-order valence-electron chi connectivity index (χ2n) is 6.85. The number of amides is 1. The van der Waals surface area contributed by atoms with Crippen molar-refractivity contribution in [3.63, 3.8) is 0 Å². The zero-order valence-corrected chi connectivity index (χ0v) is 14.0. The topological polar surface area (TPSA) is 63.4 Å². The Hall–Kier alpha value is -3.02. The van der Waals surface area contributed by atoms with Crippen LogP contribution < -0.4 is 14.8 Å². The summed E-state index contributed by atoms with van der Waals surface area (Å²) in [5.74, 6) is 0.220. The molecule has 1 spiro atoms. The third-order valence-corrected chi connectivity index (χ3v) is 4.99. The van der Waals surface area contributed by atoms with E-state index in [1.807, 2.05) is 6.07 Å². The minimum absolute atomic E-state index is 0.295. The molecule has 2 aliphatic rings. The molecule has 1 saturated carbocycles. The maximum absolute atomic E-state index is 13.3. The Morgan fingerprint density at radius 2 is 1.85 bits per heavy atom. The van der Waals surface area contributed by atoms with E-state index in [1.165, 1.54) is 12.1 Å². The van der Waals surface area contributed by atoms with Crippen LogP contribution in [0.3, 0.4) is 0 Å². The first kappa shape index (κ1) is 15.3. The Balaban J connectivity index is 1.37. The molecular weight excluding hydrogens is 335 g/mol. The van der Waals surface area contributed by atoms with Gasteiger partial charge in [0.2, 0.25) is 0 Å². The Kier molecular flexibility index (Phi) is 3.22. The van der Waals surface area contributed by atoms with Crippen molar-refractivity contribution in [2.45, 2.75) is 31.5 Å². The number of anilines is 1. The fraction of sp³-hybridized carbons (Fsp3) is 0.250. The molecule has 26 heavy (non-hydrogen) atoms. The van der Waals surface area contributed by atoms with Crippen LogP contribution in [0.4, 0.5) is 10.1 Å². The number of hydrogen-bond donors (Lipinski definition) is 2. The highest BCUT2D eigenvalue weighted by molar-refractivity contribution is 6.06. The minimum Gasteiger partial charge on any atom is -0.448 e. The monoisotopic (exact) mass is 352 g/mol. The normalized spacial score (nSPS) is 17.1. The number of aromatic nitrogens is 1. The van der Waals surface area contributed by atoms with Crippen LogP contribution in [0.1, 0.15) is 36.2 Å². The van der Waals surface area contributed by atoms with Gasteiger partial charge in [0.1, 0.15) is 11.5 Å². The summed E-state index contributed by atoms with van der Waals surface area (Å²) in [7, 11) is 0. The molecule has 5 nitrogen and oxygen atoms in total. The zero-order chi connectivity index (χ0) is 17.7. The van der Waals surface area contributed by atoms with E-state index >= 15 is 0 Å². The van der Waals surface area contributed by atoms with Crippen molar-refractivity contribution >= 4 is 22.5 Å². The molecule has 1 amide bonds. The summed E-state index contributed by atoms with van der Waals surface area (Å²) >= 11 is 0. The first-order valence-electron chi connectivity index (χ1n) is 8.72. The number of carbonyl (C=O) groups excluding carboxylic acids is 1. The van der Waals surface area contributed by atoms with Crippen LogP contribution in [0.2, 0.25) is 0 Å². The van der Waals surface area contributed by atoms with Gasteiger partial charge in [-0.15, -0.1) is 0 Å². The third kappa shape index (κ3) is 2.49. The van der Waals surface area contributed by atoms with Gasteiger partial charge >= 0.3 is 0 Å². The molecule has 2 N–H and O–H groups in total. The standard InChI is InChI=1S/C20H17FN2O3/c21-13-3-5-15-12(9-13)10-16(23-15)19(24)22-14-4-6-17-18(11-14)26-20(25-17)7-1-2-8-20/h3-6,9-11,23H,1-2,7-8H2,(H,22,24). The lowest BCUT2D eigenvalue weighted by Crippen LogP contribution is -2.34. The van der Waals surface area contributed by atoms with Crippen LogP contribution in [0.25, 0.3) is 10.9 Å². The number of rotatable bonds is 2. The number of halogens is 1. The molecule has 1 fully saturated rings. The van der Waals surface area contributed by atoms with Gasteiger partial charge in [-0.25, -0.2) is 4.39 Å². The smallest absolute Gasteiger partial charge is 0.272 e. The molecule has 1 aliphatic carbocycles. The van der Waals surface area contributed by atoms with E-state index in [-0.39, 0.29) is 11.7 Å². The van der Waals surface area contributed by atoms with Gasteiger partial charge in [-0.1, -0.05) is 0 Å². The zero-order valence-electron chi connectivity index (χ0n) is 14.0. The van der Waals surface area contributed by atoms with Crippen molar-refractivity contribution in [2.24, 2.45) is 0 Å². The van der Waals surface area contributed by atoms with E-state index in [0.717, 1.165) is 25.7 Å². The average Bonchev–Trinajstić information content (AvgIpc) is 3.32. The largest absolute Gasteiger partial charge is 0.448 e. The maximum atomic E-state index is 13.3. The quantitative estimate of drug-likeness (QED) is 0.708. The summed E-state index contributed by atoms with van der Waals surface area (Å²) in [6.07, 6.45) is 3.96. The van der Waals surface area contributed by atoms with Gasteiger partial charge in [0, 0.05) is 35.5 Å². The van der Waals surface area contributed by atoms with Crippen LogP contribution in [0, 0.1) is 5.82 Å². The van der Waals surface area contributed by atoms with Crippen molar-refractivity contribution < 1.29 is 18.7 Å². The number of fused-ring (bicyclic) bond motifs is 2. The van der Waals surface area contributed by atoms with Gasteiger partial charge < -0.3 is 19.8 Å². The van der Waals surface area contributed by atoms with Gasteiger partial charge in [0.25, 0.3) is 11.7 Å². The fourth-order valence-corrected chi connectivity index (χ4v) is 3.71. The molecule has 2 heterocycles. The van der Waals surface area contributed by atoms with Gasteiger partial charge in [-0.2, -0.15) is 0 Å². The van der Waals surface area contributed by atoms with Crippen molar-refractivity contribution in [3.8, 4) is 11.5 Å². The molecule has 0 unspecified atom stereocenters. The van der Waals surface area contributed by atoms with E-state index in [0.29, 0.717) is 33.8 Å². The maximum Gasteiger partial charge on any atom is 0.272 e. The first-order chi connectivity index (χ1) is 12.6. The molecule has 0 radical (unpaired) electrons. The molecule has 2 aromatic carbocycles. The summed E-state index contributed by atoms with van der Waals surface area (Å²) in [6, 6.07) is 11.4. The second kappa shape index (κ2) is 5.49. The minimum atomic E-state index is -0.522. The molecule has 3 aromatic rings. The van der Waals surface area contributed by atoms with Crippen LogP contribution in [0.5, 0.6) is 11.5 Å². The molecule has 6 heteroatoms. The average molecular weight is 352 g/mol. The molecule has 5 rings (SSSR count). The van der Waals surface area contributed by atoms with E-state index in [4.69, 9.17) is 9.47 Å². The van der Waals surface area contributed by atoms with Crippen LogP contribution in [-0.4, -0.2) is 16.7 Å². The summed E-state index contributed by atoms with van der Waals surface area (Å²) < 4.78 is 25.3. The lowest BCUT2D eigenvalue weighted by atomic mass is 10.2. The molecule has 1 aliphatic heterocycles. The van der Waals surface area contributed by atoms with E-state index < -0.39 is 5.79 Å². The lowest BCUT2D eigenvalue weighted by Gasteiger charge is -2.21.